The lowest BCUT2D eigenvalue weighted by Gasteiger charge is -2.17. The lowest BCUT2D eigenvalue weighted by atomic mass is 10.3. The quantitative estimate of drug-likeness (QED) is 0.501. The molecule has 8 nitrogen and oxygen atoms in total. The molecule has 0 radical (unpaired) electrons. The molecule has 1 fully saturated rings. The fourth-order valence-electron chi connectivity index (χ4n) is 4.19. The third-order valence-electron chi connectivity index (χ3n) is 5.61. The maximum absolute atomic E-state index is 4.88. The van der Waals surface area contributed by atoms with Gasteiger partial charge in [0.2, 0.25) is 0 Å². The Hall–Kier alpha value is -3.81. The number of hydrogen-bond acceptors (Lipinski definition) is 6. The first-order valence-electron chi connectivity index (χ1n) is 10.1. The van der Waals surface area contributed by atoms with Crippen LogP contribution in [0.25, 0.3) is 39.4 Å². The molecular weight excluding hydrogens is 376 g/mol. The smallest absolute Gasteiger partial charge is 0.182 e. The van der Waals surface area contributed by atoms with Gasteiger partial charge in [-0.2, -0.15) is 0 Å². The maximum Gasteiger partial charge on any atom is 0.182 e. The summed E-state index contributed by atoms with van der Waals surface area (Å²) in [6, 6.07) is 10.0. The molecule has 0 saturated carbocycles. The first-order chi connectivity index (χ1) is 14.8. The van der Waals surface area contributed by atoms with Crippen molar-refractivity contribution in [3.63, 3.8) is 0 Å². The van der Waals surface area contributed by atoms with E-state index >= 15 is 0 Å². The van der Waals surface area contributed by atoms with E-state index < -0.39 is 0 Å². The highest BCUT2D eigenvalue weighted by Crippen LogP contribution is 2.31. The minimum Gasteiger partial charge on any atom is -0.356 e. The fraction of sp³-hybridized carbons (Fsp3) is 0.227. The van der Waals surface area contributed by atoms with Gasteiger partial charge < -0.3 is 9.88 Å². The normalized spacial score (nSPS) is 14.2. The zero-order valence-electron chi connectivity index (χ0n) is 16.6. The highest BCUT2D eigenvalue weighted by molar-refractivity contribution is 5.93. The van der Waals surface area contributed by atoms with Gasteiger partial charge in [0.1, 0.15) is 11.5 Å². The van der Waals surface area contributed by atoms with Crippen molar-refractivity contribution in [1.29, 1.82) is 0 Å². The van der Waals surface area contributed by atoms with E-state index in [4.69, 9.17) is 4.98 Å². The predicted octanol–water partition coefficient (Wildman–Crippen LogP) is 3.66. The molecule has 30 heavy (non-hydrogen) atoms. The van der Waals surface area contributed by atoms with E-state index in [1.807, 2.05) is 43.6 Å². The Bertz CT molecular complexity index is 1380. The predicted molar refractivity (Wildman–Crippen MR) is 116 cm³/mol. The second kappa shape index (κ2) is 6.62. The number of H-pyrrole nitrogens is 1. The molecule has 5 aromatic rings. The molecule has 148 valence electrons. The third-order valence-corrected chi connectivity index (χ3v) is 5.61. The fourth-order valence-corrected chi connectivity index (χ4v) is 4.19. The van der Waals surface area contributed by atoms with E-state index in [2.05, 4.69) is 40.5 Å². The average molecular weight is 396 g/mol. The van der Waals surface area contributed by atoms with Crippen LogP contribution in [0, 0.1) is 6.92 Å². The minimum absolute atomic E-state index is 0.570. The molecule has 6 heterocycles. The number of pyridine rings is 2. The number of aromatic amines is 1. The van der Waals surface area contributed by atoms with Crippen LogP contribution in [0.3, 0.4) is 0 Å². The van der Waals surface area contributed by atoms with Gasteiger partial charge in [0.25, 0.3) is 0 Å². The summed E-state index contributed by atoms with van der Waals surface area (Å²) in [7, 11) is 0. The van der Waals surface area contributed by atoms with Crippen LogP contribution in [0.5, 0.6) is 0 Å². The summed E-state index contributed by atoms with van der Waals surface area (Å²) in [6.45, 7) is 4.07. The summed E-state index contributed by atoms with van der Waals surface area (Å²) >= 11 is 0. The second-order valence-electron chi connectivity index (χ2n) is 7.58. The molecule has 1 N–H and O–H groups in total. The van der Waals surface area contributed by atoms with E-state index in [-0.39, 0.29) is 0 Å². The zero-order chi connectivity index (χ0) is 20.1. The molecule has 6 rings (SSSR count). The SMILES string of the molecule is Cc1cccc(-c2nc(-n3ccc4c(N5CCCC5)nccc43)c3nc[nH]c3n2)n1. The number of hydrogen-bond donors (Lipinski definition) is 1. The number of nitrogens with one attached hydrogen (secondary N) is 1. The summed E-state index contributed by atoms with van der Waals surface area (Å²) in [6.07, 6.45) is 7.99. The monoisotopic (exact) mass is 396 g/mol. The molecule has 0 spiro atoms. The summed E-state index contributed by atoms with van der Waals surface area (Å²) in [5, 5.41) is 1.12. The number of aromatic nitrogens is 7. The van der Waals surface area contributed by atoms with Crippen LogP contribution in [0.15, 0.2) is 49.1 Å². The van der Waals surface area contributed by atoms with Crippen molar-refractivity contribution in [3.8, 4) is 17.3 Å². The Morgan fingerprint density at radius 2 is 1.83 bits per heavy atom. The third kappa shape index (κ3) is 2.64. The summed E-state index contributed by atoms with van der Waals surface area (Å²) in [5.74, 6) is 2.34. The molecule has 0 atom stereocenters. The molecule has 1 aliphatic rings. The van der Waals surface area contributed by atoms with Crippen LogP contribution >= 0.6 is 0 Å². The lowest BCUT2D eigenvalue weighted by Crippen LogP contribution is -2.19. The molecular formula is C22H20N8. The highest BCUT2D eigenvalue weighted by atomic mass is 15.2. The van der Waals surface area contributed by atoms with Gasteiger partial charge >= 0.3 is 0 Å². The Kier molecular flexibility index (Phi) is 3.77. The van der Waals surface area contributed by atoms with E-state index in [1.54, 1.807) is 6.33 Å². The van der Waals surface area contributed by atoms with Gasteiger partial charge in [0.15, 0.2) is 22.8 Å². The van der Waals surface area contributed by atoms with E-state index in [0.29, 0.717) is 11.5 Å². The number of fused-ring (bicyclic) bond motifs is 2. The molecule has 1 saturated heterocycles. The van der Waals surface area contributed by atoms with Crippen LogP contribution in [0.2, 0.25) is 0 Å². The Balaban J connectivity index is 1.57. The van der Waals surface area contributed by atoms with Crippen molar-refractivity contribution in [2.24, 2.45) is 0 Å². The molecule has 0 unspecified atom stereocenters. The highest BCUT2D eigenvalue weighted by Gasteiger charge is 2.20. The van der Waals surface area contributed by atoms with Crippen LogP contribution < -0.4 is 4.90 Å². The van der Waals surface area contributed by atoms with Gasteiger partial charge in [0, 0.05) is 36.6 Å². The van der Waals surface area contributed by atoms with Crippen LogP contribution in [0.1, 0.15) is 18.5 Å². The number of nitrogens with zero attached hydrogens (tertiary/aromatic N) is 7. The second-order valence-corrected chi connectivity index (χ2v) is 7.58. The Morgan fingerprint density at radius 1 is 0.933 bits per heavy atom. The van der Waals surface area contributed by atoms with Crippen molar-refractivity contribution in [2.45, 2.75) is 19.8 Å². The molecule has 0 bridgehead atoms. The number of anilines is 1. The summed E-state index contributed by atoms with van der Waals surface area (Å²) in [5.41, 5.74) is 4.13. The zero-order valence-corrected chi connectivity index (χ0v) is 16.6. The summed E-state index contributed by atoms with van der Waals surface area (Å²) < 4.78 is 2.07. The lowest BCUT2D eigenvalue weighted by molar-refractivity contribution is 0.945. The van der Waals surface area contributed by atoms with Crippen molar-refractivity contribution >= 4 is 27.9 Å². The van der Waals surface area contributed by atoms with E-state index in [9.17, 15) is 0 Å². The standard InChI is InChI=1S/C22H20N8/c1-14-5-4-6-16(26-14)19-27-20-18(24-13-25-20)22(28-19)30-12-8-15-17(30)7-9-23-21(15)29-10-2-3-11-29/h4-9,12-13H,2-3,10-11H2,1H3,(H,24,25,27,28). The van der Waals surface area contributed by atoms with Gasteiger partial charge in [-0.3, -0.25) is 4.57 Å². The molecule has 5 aromatic heterocycles. The largest absolute Gasteiger partial charge is 0.356 e. The van der Waals surface area contributed by atoms with Gasteiger partial charge in [-0.15, -0.1) is 0 Å². The van der Waals surface area contributed by atoms with E-state index in [1.165, 1.54) is 12.8 Å². The van der Waals surface area contributed by atoms with Crippen molar-refractivity contribution in [1.82, 2.24) is 34.5 Å². The number of imidazole rings is 1. The van der Waals surface area contributed by atoms with Gasteiger partial charge in [-0.1, -0.05) is 6.07 Å². The molecule has 0 aliphatic carbocycles. The first kappa shape index (κ1) is 17.1. The first-order valence-corrected chi connectivity index (χ1v) is 10.1. The Morgan fingerprint density at radius 3 is 2.70 bits per heavy atom. The molecule has 0 aromatic carbocycles. The van der Waals surface area contributed by atoms with Crippen molar-refractivity contribution in [3.05, 3.63) is 54.7 Å². The number of aryl methyl sites for hydroxylation is 1. The minimum atomic E-state index is 0.570. The summed E-state index contributed by atoms with van der Waals surface area (Å²) in [4.78, 5) is 28.8. The molecule has 1 aliphatic heterocycles. The Labute approximate surface area is 172 Å². The number of rotatable bonds is 3. The average Bonchev–Trinajstić information content (AvgIpc) is 3.53. The van der Waals surface area contributed by atoms with Crippen molar-refractivity contribution < 1.29 is 0 Å². The molecule has 8 heteroatoms. The maximum atomic E-state index is 4.88. The topological polar surface area (TPSA) is 88.4 Å². The van der Waals surface area contributed by atoms with Gasteiger partial charge in [-0.25, -0.2) is 24.9 Å². The van der Waals surface area contributed by atoms with Crippen LogP contribution in [0.4, 0.5) is 5.82 Å². The molecule has 0 amide bonds. The van der Waals surface area contributed by atoms with Crippen molar-refractivity contribution in [2.75, 3.05) is 18.0 Å². The van der Waals surface area contributed by atoms with Gasteiger partial charge in [0.05, 0.1) is 11.8 Å². The van der Waals surface area contributed by atoms with Crippen LogP contribution in [-0.2, 0) is 0 Å². The van der Waals surface area contributed by atoms with Crippen LogP contribution in [-0.4, -0.2) is 47.6 Å². The van der Waals surface area contributed by atoms with E-state index in [0.717, 1.165) is 52.5 Å². The van der Waals surface area contributed by atoms with Gasteiger partial charge in [-0.05, 0) is 44.0 Å².